The summed E-state index contributed by atoms with van der Waals surface area (Å²) in [6.45, 7) is 2.08. The Morgan fingerprint density at radius 3 is 2.35 bits per heavy atom. The Balaban J connectivity index is 1.82. The molecule has 2 rings (SSSR count). The fourth-order valence-corrected chi connectivity index (χ4v) is 2.69. The van der Waals surface area contributed by atoms with E-state index in [0.717, 1.165) is 11.4 Å². The van der Waals surface area contributed by atoms with Crippen LogP contribution < -0.4 is 4.90 Å². The van der Waals surface area contributed by atoms with Crippen molar-refractivity contribution >= 4 is 23.4 Å². The van der Waals surface area contributed by atoms with Crippen molar-refractivity contribution in [3.63, 3.8) is 0 Å². The SMILES string of the molecule is Cc1ccc(SCCC(=O)N(C)c2ccccc2)cc1. The largest absolute Gasteiger partial charge is 0.315 e. The maximum atomic E-state index is 12.1. The Morgan fingerprint density at radius 2 is 1.70 bits per heavy atom. The number of carbonyl (C=O) groups excluding carboxylic acids is 1. The fraction of sp³-hybridized carbons (Fsp3) is 0.235. The van der Waals surface area contributed by atoms with E-state index in [1.807, 2.05) is 37.4 Å². The van der Waals surface area contributed by atoms with E-state index in [1.54, 1.807) is 16.7 Å². The third-order valence-corrected chi connectivity index (χ3v) is 4.14. The number of hydrogen-bond donors (Lipinski definition) is 0. The Bertz CT molecular complexity index is 551. The van der Waals surface area contributed by atoms with Crippen LogP contribution in [-0.4, -0.2) is 18.7 Å². The number of amides is 1. The number of para-hydroxylation sites is 1. The zero-order chi connectivity index (χ0) is 14.4. The molecular formula is C17H19NOS. The van der Waals surface area contributed by atoms with Gasteiger partial charge in [-0.3, -0.25) is 4.79 Å². The van der Waals surface area contributed by atoms with Crippen molar-refractivity contribution in [1.29, 1.82) is 0 Å². The highest BCUT2D eigenvalue weighted by Gasteiger charge is 2.10. The summed E-state index contributed by atoms with van der Waals surface area (Å²) in [6, 6.07) is 18.1. The first kappa shape index (κ1) is 14.7. The van der Waals surface area contributed by atoms with Crippen LogP contribution in [0.15, 0.2) is 59.5 Å². The zero-order valence-electron chi connectivity index (χ0n) is 11.9. The van der Waals surface area contributed by atoms with Gasteiger partial charge in [0.2, 0.25) is 5.91 Å². The Kier molecular flexibility index (Phi) is 5.24. The second-order valence-corrected chi connectivity index (χ2v) is 5.87. The Hall–Kier alpha value is -1.74. The summed E-state index contributed by atoms with van der Waals surface area (Å²) in [5, 5.41) is 0. The minimum Gasteiger partial charge on any atom is -0.315 e. The number of thioether (sulfide) groups is 1. The molecule has 0 aliphatic heterocycles. The molecule has 0 spiro atoms. The van der Waals surface area contributed by atoms with Crippen molar-refractivity contribution in [1.82, 2.24) is 0 Å². The molecule has 2 nitrogen and oxygen atoms in total. The summed E-state index contributed by atoms with van der Waals surface area (Å²) in [5.74, 6) is 0.954. The van der Waals surface area contributed by atoms with E-state index in [2.05, 4.69) is 31.2 Å². The van der Waals surface area contributed by atoms with Gasteiger partial charge in [-0.2, -0.15) is 0 Å². The topological polar surface area (TPSA) is 20.3 Å². The van der Waals surface area contributed by atoms with E-state index >= 15 is 0 Å². The first-order valence-electron chi connectivity index (χ1n) is 6.68. The average molecular weight is 285 g/mol. The minimum absolute atomic E-state index is 0.149. The average Bonchev–Trinajstić information content (AvgIpc) is 2.49. The number of nitrogens with zero attached hydrogens (tertiary/aromatic N) is 1. The van der Waals surface area contributed by atoms with Crippen LogP contribution in [0.4, 0.5) is 5.69 Å². The molecule has 2 aromatic carbocycles. The van der Waals surface area contributed by atoms with Crippen LogP contribution in [0.1, 0.15) is 12.0 Å². The molecule has 0 unspecified atom stereocenters. The maximum Gasteiger partial charge on any atom is 0.227 e. The molecule has 0 fully saturated rings. The normalized spacial score (nSPS) is 10.3. The predicted molar refractivity (Wildman–Crippen MR) is 86.4 cm³/mol. The maximum absolute atomic E-state index is 12.1. The number of benzene rings is 2. The van der Waals surface area contributed by atoms with Crippen LogP contribution in [0.3, 0.4) is 0 Å². The first-order valence-corrected chi connectivity index (χ1v) is 7.66. The van der Waals surface area contributed by atoms with Crippen molar-refractivity contribution < 1.29 is 4.79 Å². The highest BCUT2D eigenvalue weighted by molar-refractivity contribution is 7.99. The molecule has 0 aliphatic rings. The summed E-state index contributed by atoms with van der Waals surface area (Å²) in [6.07, 6.45) is 0.546. The van der Waals surface area contributed by atoms with Crippen molar-refractivity contribution in [3.8, 4) is 0 Å². The van der Waals surface area contributed by atoms with E-state index < -0.39 is 0 Å². The monoisotopic (exact) mass is 285 g/mol. The summed E-state index contributed by atoms with van der Waals surface area (Å²) in [5.41, 5.74) is 2.20. The molecule has 20 heavy (non-hydrogen) atoms. The van der Waals surface area contributed by atoms with Gasteiger partial charge in [0.15, 0.2) is 0 Å². The molecule has 0 atom stereocenters. The number of aryl methyl sites for hydroxylation is 1. The molecule has 0 radical (unpaired) electrons. The molecule has 0 heterocycles. The number of carbonyl (C=O) groups is 1. The van der Waals surface area contributed by atoms with Gasteiger partial charge in [-0.25, -0.2) is 0 Å². The van der Waals surface area contributed by atoms with Crippen molar-refractivity contribution in [2.45, 2.75) is 18.2 Å². The molecule has 0 aliphatic carbocycles. The zero-order valence-corrected chi connectivity index (χ0v) is 12.7. The van der Waals surface area contributed by atoms with Gasteiger partial charge in [-0.05, 0) is 31.2 Å². The van der Waals surface area contributed by atoms with Gasteiger partial charge in [0.05, 0.1) is 0 Å². The molecule has 0 saturated heterocycles. The Morgan fingerprint density at radius 1 is 1.05 bits per heavy atom. The van der Waals surface area contributed by atoms with Crippen LogP contribution >= 0.6 is 11.8 Å². The first-order chi connectivity index (χ1) is 9.66. The summed E-state index contributed by atoms with van der Waals surface area (Å²) in [7, 11) is 1.83. The minimum atomic E-state index is 0.149. The third kappa shape index (κ3) is 4.14. The molecule has 0 aromatic heterocycles. The molecule has 1 amide bonds. The van der Waals surface area contributed by atoms with Gasteiger partial charge >= 0.3 is 0 Å². The van der Waals surface area contributed by atoms with Gasteiger partial charge in [-0.1, -0.05) is 35.9 Å². The van der Waals surface area contributed by atoms with Gasteiger partial charge in [0.25, 0.3) is 0 Å². The Labute approximate surface area is 124 Å². The lowest BCUT2D eigenvalue weighted by molar-refractivity contribution is -0.117. The number of hydrogen-bond acceptors (Lipinski definition) is 2. The molecule has 0 bridgehead atoms. The third-order valence-electron chi connectivity index (χ3n) is 3.12. The molecule has 0 saturated carbocycles. The van der Waals surface area contributed by atoms with Crippen LogP contribution in [0.25, 0.3) is 0 Å². The van der Waals surface area contributed by atoms with E-state index in [9.17, 15) is 4.79 Å². The lowest BCUT2D eigenvalue weighted by atomic mass is 10.2. The van der Waals surface area contributed by atoms with Crippen molar-refractivity contribution in [3.05, 3.63) is 60.2 Å². The quantitative estimate of drug-likeness (QED) is 0.770. The van der Waals surface area contributed by atoms with Crippen LogP contribution in [0.5, 0.6) is 0 Å². The summed E-state index contributed by atoms with van der Waals surface area (Å²) < 4.78 is 0. The van der Waals surface area contributed by atoms with Crippen LogP contribution in [0.2, 0.25) is 0 Å². The molecular weight excluding hydrogens is 266 g/mol. The standard InChI is InChI=1S/C17H19NOS/c1-14-8-10-16(11-9-14)20-13-12-17(19)18(2)15-6-4-3-5-7-15/h3-11H,12-13H2,1-2H3. The molecule has 3 heteroatoms. The van der Waals surface area contributed by atoms with Gasteiger partial charge < -0.3 is 4.90 Å². The summed E-state index contributed by atoms with van der Waals surface area (Å²) in [4.78, 5) is 15.0. The fourth-order valence-electron chi connectivity index (χ4n) is 1.85. The lowest BCUT2D eigenvalue weighted by Crippen LogP contribution is -2.26. The second kappa shape index (κ2) is 7.15. The van der Waals surface area contributed by atoms with E-state index in [0.29, 0.717) is 6.42 Å². The summed E-state index contributed by atoms with van der Waals surface area (Å²) >= 11 is 1.72. The van der Waals surface area contributed by atoms with Gasteiger partial charge in [0, 0.05) is 29.8 Å². The molecule has 104 valence electrons. The van der Waals surface area contributed by atoms with Gasteiger partial charge in [-0.15, -0.1) is 11.8 Å². The van der Waals surface area contributed by atoms with E-state index in [1.165, 1.54) is 10.5 Å². The number of anilines is 1. The predicted octanol–water partition coefficient (Wildman–Crippen LogP) is 4.14. The van der Waals surface area contributed by atoms with E-state index in [-0.39, 0.29) is 5.91 Å². The lowest BCUT2D eigenvalue weighted by Gasteiger charge is -2.17. The smallest absolute Gasteiger partial charge is 0.227 e. The molecule has 0 N–H and O–H groups in total. The van der Waals surface area contributed by atoms with Crippen LogP contribution in [0, 0.1) is 6.92 Å². The van der Waals surface area contributed by atoms with Crippen LogP contribution in [-0.2, 0) is 4.79 Å². The highest BCUT2D eigenvalue weighted by atomic mass is 32.2. The molecule has 2 aromatic rings. The van der Waals surface area contributed by atoms with Gasteiger partial charge in [0.1, 0.15) is 0 Å². The van der Waals surface area contributed by atoms with Crippen molar-refractivity contribution in [2.75, 3.05) is 17.7 Å². The van der Waals surface area contributed by atoms with E-state index in [4.69, 9.17) is 0 Å². The second-order valence-electron chi connectivity index (χ2n) is 4.70. The highest BCUT2D eigenvalue weighted by Crippen LogP contribution is 2.20. The van der Waals surface area contributed by atoms with Crippen molar-refractivity contribution in [2.24, 2.45) is 0 Å². The number of rotatable bonds is 5.